The van der Waals surface area contributed by atoms with Gasteiger partial charge in [0.2, 0.25) is 5.56 Å². The van der Waals surface area contributed by atoms with Gasteiger partial charge in [0.05, 0.1) is 6.54 Å². The lowest BCUT2D eigenvalue weighted by molar-refractivity contribution is 0.0950. The van der Waals surface area contributed by atoms with E-state index >= 15 is 0 Å². The summed E-state index contributed by atoms with van der Waals surface area (Å²) in [5.41, 5.74) is 4.70. The van der Waals surface area contributed by atoms with Crippen LogP contribution in [0.15, 0.2) is 65.7 Å². The largest absolute Gasteiger partial charge is 0.345 e. The van der Waals surface area contributed by atoms with Crippen LogP contribution in [0.4, 0.5) is 0 Å². The summed E-state index contributed by atoms with van der Waals surface area (Å²) in [4.78, 5) is 35.7. The number of rotatable bonds is 4. The fourth-order valence-corrected chi connectivity index (χ4v) is 3.96. The summed E-state index contributed by atoms with van der Waals surface area (Å²) >= 11 is 0. The molecule has 4 aromatic rings. The number of nitrogens with one attached hydrogen (secondary N) is 2. The predicted molar refractivity (Wildman–Crippen MR) is 115 cm³/mol. The molecular weight excluding hydrogens is 376 g/mol. The minimum Gasteiger partial charge on any atom is -0.345 e. The van der Waals surface area contributed by atoms with Gasteiger partial charge in [0.25, 0.3) is 5.91 Å². The Morgan fingerprint density at radius 1 is 1.10 bits per heavy atom. The van der Waals surface area contributed by atoms with Gasteiger partial charge in [-0.15, -0.1) is 0 Å². The molecule has 0 saturated carbocycles. The molecule has 2 N–H and O–H groups in total. The Balaban J connectivity index is 1.37. The van der Waals surface area contributed by atoms with Crippen molar-refractivity contribution in [1.82, 2.24) is 20.3 Å². The highest BCUT2D eigenvalue weighted by molar-refractivity contribution is 6.02. The lowest BCUT2D eigenvalue weighted by atomic mass is 9.98. The van der Waals surface area contributed by atoms with E-state index in [1.54, 1.807) is 12.3 Å². The maximum absolute atomic E-state index is 12.7. The summed E-state index contributed by atoms with van der Waals surface area (Å²) in [6.45, 7) is 0.307. The van der Waals surface area contributed by atoms with Gasteiger partial charge in [-0.2, -0.15) is 0 Å². The normalized spacial score (nSPS) is 12.7. The van der Waals surface area contributed by atoms with E-state index in [1.165, 1.54) is 11.6 Å². The molecule has 5 rings (SSSR count). The fraction of sp³-hybridized carbons (Fsp3) is 0.167. The first-order chi connectivity index (χ1) is 14.7. The number of pyridine rings is 1. The van der Waals surface area contributed by atoms with E-state index in [-0.39, 0.29) is 11.5 Å². The molecule has 2 heterocycles. The molecule has 1 amide bonds. The second-order valence-electron chi connectivity index (χ2n) is 7.48. The molecule has 0 spiro atoms. The van der Waals surface area contributed by atoms with Crippen molar-refractivity contribution in [2.75, 3.05) is 0 Å². The Bertz CT molecular complexity index is 1310. The van der Waals surface area contributed by atoms with Crippen molar-refractivity contribution in [2.24, 2.45) is 0 Å². The molecule has 0 aliphatic heterocycles. The molecule has 30 heavy (non-hydrogen) atoms. The van der Waals surface area contributed by atoms with E-state index in [0.29, 0.717) is 17.9 Å². The number of fused-ring (bicyclic) bond motifs is 2. The number of aromatic amines is 1. The number of carbonyl (C=O) groups is 1. The molecule has 2 aromatic carbocycles. The summed E-state index contributed by atoms with van der Waals surface area (Å²) < 4.78 is 0. The van der Waals surface area contributed by atoms with Gasteiger partial charge >= 0.3 is 0 Å². The minimum atomic E-state index is -0.157. The van der Waals surface area contributed by atoms with Gasteiger partial charge in [0.1, 0.15) is 5.82 Å². The Hall–Kier alpha value is -3.80. The quantitative estimate of drug-likeness (QED) is 0.553. The molecule has 1 aliphatic rings. The van der Waals surface area contributed by atoms with Crippen molar-refractivity contribution < 1.29 is 4.79 Å². The lowest BCUT2D eigenvalue weighted by Crippen LogP contribution is -2.24. The number of hydrogen-bond acceptors (Lipinski definition) is 4. The van der Waals surface area contributed by atoms with Crippen LogP contribution in [0, 0.1) is 0 Å². The van der Waals surface area contributed by atoms with Gasteiger partial charge in [-0.3, -0.25) is 9.59 Å². The highest BCUT2D eigenvalue weighted by atomic mass is 16.1. The van der Waals surface area contributed by atoms with Gasteiger partial charge in [0, 0.05) is 29.7 Å². The molecule has 1 aliphatic carbocycles. The average molecular weight is 396 g/mol. The molecule has 148 valence electrons. The van der Waals surface area contributed by atoms with Crippen molar-refractivity contribution in [2.45, 2.75) is 25.8 Å². The zero-order chi connectivity index (χ0) is 20.5. The Labute approximate surface area is 173 Å². The van der Waals surface area contributed by atoms with Crippen LogP contribution in [0.3, 0.4) is 0 Å². The highest BCUT2D eigenvalue weighted by Gasteiger charge is 2.14. The molecular formula is C24H20N4O2. The minimum absolute atomic E-state index is 0.134. The molecule has 0 atom stereocenters. The van der Waals surface area contributed by atoms with Gasteiger partial charge in [-0.05, 0) is 64.9 Å². The van der Waals surface area contributed by atoms with Crippen molar-refractivity contribution in [3.63, 3.8) is 0 Å². The molecule has 0 bridgehead atoms. The van der Waals surface area contributed by atoms with Crippen LogP contribution < -0.4 is 10.9 Å². The monoisotopic (exact) mass is 396 g/mol. The van der Waals surface area contributed by atoms with Gasteiger partial charge in [-0.25, -0.2) is 9.97 Å². The smallest absolute Gasteiger partial charge is 0.251 e. The fourth-order valence-electron chi connectivity index (χ4n) is 3.96. The highest BCUT2D eigenvalue weighted by Crippen LogP contribution is 2.28. The number of hydrogen-bond donors (Lipinski definition) is 2. The third kappa shape index (κ3) is 3.48. The van der Waals surface area contributed by atoms with Crippen LogP contribution in [0.5, 0.6) is 0 Å². The molecule has 6 nitrogen and oxygen atoms in total. The van der Waals surface area contributed by atoms with Crippen molar-refractivity contribution in [1.29, 1.82) is 0 Å². The van der Waals surface area contributed by atoms with E-state index in [9.17, 15) is 9.59 Å². The van der Waals surface area contributed by atoms with Crippen molar-refractivity contribution in [3.05, 3.63) is 93.9 Å². The number of benzene rings is 2. The number of aryl methyl sites for hydroxylation is 2. The van der Waals surface area contributed by atoms with E-state index in [4.69, 9.17) is 0 Å². The first-order valence-corrected chi connectivity index (χ1v) is 10.0. The Morgan fingerprint density at radius 3 is 2.90 bits per heavy atom. The molecule has 2 aromatic heterocycles. The summed E-state index contributed by atoms with van der Waals surface area (Å²) in [7, 11) is 0. The third-order valence-corrected chi connectivity index (χ3v) is 5.51. The Kier molecular flexibility index (Phi) is 4.59. The second kappa shape index (κ2) is 7.55. The first-order valence-electron chi connectivity index (χ1n) is 10.0. The van der Waals surface area contributed by atoms with Crippen LogP contribution >= 0.6 is 0 Å². The number of carbonyl (C=O) groups excluding carboxylic acids is 1. The number of nitrogens with zero attached hydrogens (tertiary/aromatic N) is 2. The molecule has 6 heteroatoms. The van der Waals surface area contributed by atoms with Crippen molar-refractivity contribution in [3.8, 4) is 11.1 Å². The Morgan fingerprint density at radius 2 is 2.03 bits per heavy atom. The predicted octanol–water partition coefficient (Wildman–Crippen LogP) is 3.40. The van der Waals surface area contributed by atoms with E-state index < -0.39 is 0 Å². The van der Waals surface area contributed by atoms with Crippen LogP contribution in [0.1, 0.15) is 33.9 Å². The number of aromatic nitrogens is 3. The summed E-state index contributed by atoms with van der Waals surface area (Å²) in [6.07, 6.45) is 6.73. The average Bonchev–Trinajstić information content (AvgIpc) is 3.25. The topological polar surface area (TPSA) is 87.7 Å². The van der Waals surface area contributed by atoms with Gasteiger partial charge < -0.3 is 10.3 Å². The van der Waals surface area contributed by atoms with E-state index in [0.717, 1.165) is 46.9 Å². The van der Waals surface area contributed by atoms with E-state index in [2.05, 4.69) is 20.3 Å². The third-order valence-electron chi connectivity index (χ3n) is 5.51. The van der Waals surface area contributed by atoms with Crippen LogP contribution in [0.25, 0.3) is 21.9 Å². The molecule has 0 saturated heterocycles. The zero-order valence-corrected chi connectivity index (χ0v) is 16.3. The van der Waals surface area contributed by atoms with Gasteiger partial charge in [0.15, 0.2) is 0 Å². The first kappa shape index (κ1) is 18.2. The van der Waals surface area contributed by atoms with Gasteiger partial charge in [-0.1, -0.05) is 24.3 Å². The van der Waals surface area contributed by atoms with Crippen LogP contribution in [-0.4, -0.2) is 20.9 Å². The molecule has 0 radical (unpaired) electrons. The second-order valence-corrected chi connectivity index (χ2v) is 7.48. The van der Waals surface area contributed by atoms with Crippen LogP contribution in [-0.2, 0) is 19.4 Å². The molecule has 0 fully saturated rings. The number of H-pyrrole nitrogens is 1. The SMILES string of the molecule is O=C(NCc1ncc2c(n1)CCC2)c1ccc2c(-c3ccc(=O)[nH]c3)cccc2c1. The van der Waals surface area contributed by atoms with E-state index in [1.807, 2.05) is 42.6 Å². The zero-order valence-electron chi connectivity index (χ0n) is 16.3. The summed E-state index contributed by atoms with van der Waals surface area (Å²) in [5.74, 6) is 0.487. The summed E-state index contributed by atoms with van der Waals surface area (Å²) in [6, 6.07) is 14.9. The molecule has 0 unspecified atom stereocenters. The summed E-state index contributed by atoms with van der Waals surface area (Å²) in [5, 5.41) is 4.90. The van der Waals surface area contributed by atoms with Crippen LogP contribution in [0.2, 0.25) is 0 Å². The maximum atomic E-state index is 12.7. The number of amides is 1. The maximum Gasteiger partial charge on any atom is 0.251 e. The standard InChI is InChI=1S/C24H20N4O2/c29-23-10-8-17(12-26-23)19-5-1-3-15-11-16(7-9-20(15)19)24(30)27-14-22-25-13-18-4-2-6-21(18)28-22/h1,3,5,7-13H,2,4,6,14H2,(H,26,29)(H,27,30). The lowest BCUT2D eigenvalue weighted by Gasteiger charge is -2.09. The van der Waals surface area contributed by atoms with Crippen molar-refractivity contribution >= 4 is 16.7 Å².